The van der Waals surface area contributed by atoms with Crippen LogP contribution in [0.15, 0.2) is 0 Å². The Balaban J connectivity index is 1.57. The van der Waals surface area contributed by atoms with Gasteiger partial charge in [-0.1, -0.05) is 0 Å². The predicted octanol–water partition coefficient (Wildman–Crippen LogP) is 3.37. The van der Waals surface area contributed by atoms with E-state index >= 15 is 0 Å². The van der Waals surface area contributed by atoms with Crippen LogP contribution in [0, 0.1) is 5.92 Å². The van der Waals surface area contributed by atoms with Gasteiger partial charge in [0.1, 0.15) is 0 Å². The third kappa shape index (κ3) is 5.66. The standard InChI is InChI=1S/C15H25F3N2O2/c16-15(17,18)11-4-6-12(7-5-11)20-14(21)19-9-8-13-3-1-2-10-22-13/h11-13H,1-10H2,(H2,19,20,21)/t11?,12?,13-/m1/s1. The summed E-state index contributed by atoms with van der Waals surface area (Å²) in [6, 6.07) is -0.434. The second-order valence-corrected chi connectivity index (χ2v) is 6.27. The number of halogens is 3. The molecule has 128 valence electrons. The van der Waals surface area contributed by atoms with Crippen molar-refractivity contribution in [2.75, 3.05) is 13.2 Å². The fourth-order valence-corrected chi connectivity index (χ4v) is 3.18. The molecule has 0 unspecified atom stereocenters. The van der Waals surface area contributed by atoms with E-state index in [1.807, 2.05) is 0 Å². The first-order valence-electron chi connectivity index (χ1n) is 8.18. The number of nitrogens with one attached hydrogen (secondary N) is 2. The summed E-state index contributed by atoms with van der Waals surface area (Å²) in [5.41, 5.74) is 0. The monoisotopic (exact) mass is 322 g/mol. The number of ether oxygens (including phenoxy) is 1. The zero-order valence-corrected chi connectivity index (χ0v) is 12.8. The first-order chi connectivity index (χ1) is 10.4. The summed E-state index contributed by atoms with van der Waals surface area (Å²) >= 11 is 0. The third-order valence-corrected chi connectivity index (χ3v) is 4.55. The van der Waals surface area contributed by atoms with Crippen molar-refractivity contribution in [3.8, 4) is 0 Å². The minimum absolute atomic E-state index is 0.102. The maximum Gasteiger partial charge on any atom is 0.391 e. The second kappa shape index (κ2) is 8.04. The smallest absolute Gasteiger partial charge is 0.378 e. The number of amides is 2. The molecule has 0 aromatic rings. The maximum absolute atomic E-state index is 12.6. The van der Waals surface area contributed by atoms with Gasteiger partial charge in [0, 0.05) is 19.2 Å². The van der Waals surface area contributed by atoms with Crippen LogP contribution in [0.1, 0.15) is 51.4 Å². The zero-order chi connectivity index (χ0) is 16.0. The van der Waals surface area contributed by atoms with E-state index in [0.717, 1.165) is 25.9 Å². The van der Waals surface area contributed by atoms with E-state index in [4.69, 9.17) is 4.74 Å². The third-order valence-electron chi connectivity index (χ3n) is 4.55. The molecule has 2 amide bonds. The summed E-state index contributed by atoms with van der Waals surface area (Å²) in [7, 11) is 0. The van der Waals surface area contributed by atoms with E-state index < -0.39 is 12.1 Å². The molecule has 0 spiro atoms. The highest BCUT2D eigenvalue weighted by Crippen LogP contribution is 2.37. The van der Waals surface area contributed by atoms with E-state index in [1.165, 1.54) is 6.42 Å². The van der Waals surface area contributed by atoms with Gasteiger partial charge in [-0.05, 0) is 51.4 Å². The molecule has 7 heteroatoms. The second-order valence-electron chi connectivity index (χ2n) is 6.27. The molecule has 4 nitrogen and oxygen atoms in total. The van der Waals surface area contributed by atoms with Gasteiger partial charge >= 0.3 is 12.2 Å². The lowest BCUT2D eigenvalue weighted by atomic mass is 9.86. The summed E-state index contributed by atoms with van der Waals surface area (Å²) in [5.74, 6) is -1.21. The number of carbonyl (C=O) groups excluding carboxylic acids is 1. The molecular formula is C15H25F3N2O2. The summed E-state index contributed by atoms with van der Waals surface area (Å²) in [5, 5.41) is 5.54. The first kappa shape index (κ1) is 17.4. The number of alkyl halides is 3. The Labute approximate surface area is 129 Å². The van der Waals surface area contributed by atoms with Crippen LogP contribution in [0.3, 0.4) is 0 Å². The molecule has 1 saturated heterocycles. The van der Waals surface area contributed by atoms with Crippen molar-refractivity contribution in [3.63, 3.8) is 0 Å². The summed E-state index contributed by atoms with van der Waals surface area (Å²) in [4.78, 5) is 11.7. The number of hydrogen-bond donors (Lipinski definition) is 2. The topological polar surface area (TPSA) is 50.4 Å². The Hall–Kier alpha value is -0.980. The maximum atomic E-state index is 12.6. The molecular weight excluding hydrogens is 297 g/mol. The summed E-state index contributed by atoms with van der Waals surface area (Å²) in [6.07, 6.45) is 1.19. The van der Waals surface area contributed by atoms with Crippen LogP contribution in [-0.2, 0) is 4.74 Å². The van der Waals surface area contributed by atoms with E-state index in [9.17, 15) is 18.0 Å². The van der Waals surface area contributed by atoms with Crippen LogP contribution >= 0.6 is 0 Å². The van der Waals surface area contributed by atoms with Crippen molar-refractivity contribution >= 4 is 6.03 Å². The first-order valence-corrected chi connectivity index (χ1v) is 8.18. The number of rotatable bonds is 4. The van der Waals surface area contributed by atoms with Gasteiger partial charge in [0.15, 0.2) is 0 Å². The van der Waals surface area contributed by atoms with E-state index in [-0.39, 0.29) is 31.0 Å². The molecule has 1 heterocycles. The molecule has 0 radical (unpaired) electrons. The molecule has 1 aliphatic heterocycles. The lowest BCUT2D eigenvalue weighted by molar-refractivity contribution is -0.182. The van der Waals surface area contributed by atoms with Crippen molar-refractivity contribution in [2.24, 2.45) is 5.92 Å². The van der Waals surface area contributed by atoms with Crippen LogP contribution < -0.4 is 10.6 Å². The van der Waals surface area contributed by atoms with E-state index in [1.54, 1.807) is 0 Å². The minimum atomic E-state index is -4.10. The van der Waals surface area contributed by atoms with Crippen LogP contribution in [0.25, 0.3) is 0 Å². The summed E-state index contributed by atoms with van der Waals surface area (Å²) < 4.78 is 43.3. The molecule has 0 aromatic carbocycles. The Morgan fingerprint density at radius 1 is 1.09 bits per heavy atom. The summed E-state index contributed by atoms with van der Waals surface area (Å²) in [6.45, 7) is 1.33. The Kier molecular flexibility index (Phi) is 6.35. The number of urea groups is 1. The molecule has 2 N–H and O–H groups in total. The van der Waals surface area contributed by atoms with Crippen LogP contribution in [0.5, 0.6) is 0 Å². The number of hydrogen-bond acceptors (Lipinski definition) is 2. The van der Waals surface area contributed by atoms with Gasteiger partial charge in [-0.25, -0.2) is 4.79 Å². The van der Waals surface area contributed by atoms with Crippen molar-refractivity contribution < 1.29 is 22.7 Å². The highest BCUT2D eigenvalue weighted by atomic mass is 19.4. The van der Waals surface area contributed by atoms with Gasteiger partial charge in [0.25, 0.3) is 0 Å². The van der Waals surface area contributed by atoms with Gasteiger partial charge in [-0.3, -0.25) is 0 Å². The molecule has 1 atom stereocenters. The molecule has 1 saturated carbocycles. The lowest BCUT2D eigenvalue weighted by Crippen LogP contribution is -2.45. The van der Waals surface area contributed by atoms with Gasteiger partial charge in [0.05, 0.1) is 12.0 Å². The van der Waals surface area contributed by atoms with E-state index in [2.05, 4.69) is 10.6 Å². The fraction of sp³-hybridized carbons (Fsp3) is 0.933. The van der Waals surface area contributed by atoms with Gasteiger partial charge in [-0.15, -0.1) is 0 Å². The van der Waals surface area contributed by atoms with Crippen molar-refractivity contribution in [2.45, 2.75) is 69.7 Å². The Morgan fingerprint density at radius 2 is 1.82 bits per heavy atom. The van der Waals surface area contributed by atoms with Crippen LogP contribution in [-0.4, -0.2) is 37.5 Å². The molecule has 0 aromatic heterocycles. The van der Waals surface area contributed by atoms with Crippen molar-refractivity contribution in [1.82, 2.24) is 10.6 Å². The highest BCUT2D eigenvalue weighted by molar-refractivity contribution is 5.74. The Morgan fingerprint density at radius 3 is 2.41 bits per heavy atom. The lowest BCUT2D eigenvalue weighted by Gasteiger charge is -2.30. The average Bonchev–Trinajstić information content (AvgIpc) is 2.48. The quantitative estimate of drug-likeness (QED) is 0.834. The van der Waals surface area contributed by atoms with Crippen LogP contribution in [0.4, 0.5) is 18.0 Å². The SMILES string of the molecule is O=C(NCC[C@H]1CCCCO1)NC1CCC(C(F)(F)F)CC1. The van der Waals surface area contributed by atoms with Gasteiger partial charge in [0.2, 0.25) is 0 Å². The number of carbonyl (C=O) groups is 1. The Bertz CT molecular complexity index is 349. The van der Waals surface area contributed by atoms with Gasteiger partial charge in [-0.2, -0.15) is 13.2 Å². The van der Waals surface area contributed by atoms with Gasteiger partial charge < -0.3 is 15.4 Å². The fourth-order valence-electron chi connectivity index (χ4n) is 3.18. The largest absolute Gasteiger partial charge is 0.391 e. The zero-order valence-electron chi connectivity index (χ0n) is 12.8. The predicted molar refractivity (Wildman–Crippen MR) is 76.5 cm³/mol. The minimum Gasteiger partial charge on any atom is -0.378 e. The molecule has 2 aliphatic rings. The molecule has 1 aliphatic carbocycles. The normalized spacial score (nSPS) is 29.9. The average molecular weight is 322 g/mol. The molecule has 0 bridgehead atoms. The van der Waals surface area contributed by atoms with Crippen molar-refractivity contribution in [1.29, 1.82) is 0 Å². The van der Waals surface area contributed by atoms with Crippen molar-refractivity contribution in [3.05, 3.63) is 0 Å². The molecule has 2 rings (SSSR count). The van der Waals surface area contributed by atoms with Crippen LogP contribution in [0.2, 0.25) is 0 Å². The van der Waals surface area contributed by atoms with E-state index in [0.29, 0.717) is 19.4 Å². The molecule has 2 fully saturated rings. The highest BCUT2D eigenvalue weighted by Gasteiger charge is 2.41. The molecule has 22 heavy (non-hydrogen) atoms.